The summed E-state index contributed by atoms with van der Waals surface area (Å²) >= 11 is 0. The van der Waals surface area contributed by atoms with Crippen molar-refractivity contribution in [1.29, 1.82) is 0 Å². The van der Waals surface area contributed by atoms with E-state index in [-0.39, 0.29) is 18.1 Å². The monoisotopic (exact) mass is 407 g/mol. The number of nitrogens with zero attached hydrogens (tertiary/aromatic N) is 3. The predicted octanol–water partition coefficient (Wildman–Crippen LogP) is 4.70. The maximum Gasteiger partial charge on any atom is 0.227 e. The fourth-order valence-corrected chi connectivity index (χ4v) is 4.15. The molecule has 0 aliphatic carbocycles. The molecule has 0 bridgehead atoms. The summed E-state index contributed by atoms with van der Waals surface area (Å²) in [5.41, 5.74) is 4.22. The van der Waals surface area contributed by atoms with E-state index >= 15 is 0 Å². The summed E-state index contributed by atoms with van der Waals surface area (Å²) in [6.45, 7) is 5.31. The Bertz CT molecular complexity index is 1040. The number of likely N-dealkylation sites (tertiary alicyclic amines) is 1. The maximum atomic E-state index is 13.8. The molecule has 0 radical (unpaired) electrons. The van der Waals surface area contributed by atoms with E-state index in [0.29, 0.717) is 24.6 Å². The van der Waals surface area contributed by atoms with Crippen LogP contribution in [0.3, 0.4) is 0 Å². The van der Waals surface area contributed by atoms with Crippen molar-refractivity contribution in [3.8, 4) is 11.3 Å². The smallest absolute Gasteiger partial charge is 0.227 e. The van der Waals surface area contributed by atoms with E-state index in [4.69, 9.17) is 9.51 Å². The molecule has 1 saturated heterocycles. The summed E-state index contributed by atoms with van der Waals surface area (Å²) < 4.78 is 19.3. The Morgan fingerprint density at radius 1 is 1.17 bits per heavy atom. The van der Waals surface area contributed by atoms with Gasteiger partial charge in [-0.05, 0) is 43.5 Å². The third-order valence-corrected chi connectivity index (χ3v) is 5.85. The van der Waals surface area contributed by atoms with Crippen molar-refractivity contribution in [1.82, 2.24) is 15.0 Å². The van der Waals surface area contributed by atoms with Gasteiger partial charge in [0.2, 0.25) is 5.91 Å². The third-order valence-electron chi connectivity index (χ3n) is 5.85. The average Bonchev–Trinajstić information content (AvgIpc) is 3.16. The molecule has 6 heteroatoms. The molecule has 0 N–H and O–H groups in total. The molecule has 1 amide bonds. The molecule has 3 aromatic rings. The highest BCUT2D eigenvalue weighted by atomic mass is 19.1. The molecule has 0 saturated carbocycles. The molecular weight excluding hydrogens is 381 g/mol. The number of carbonyl (C=O) groups is 1. The molecule has 1 aliphatic rings. The molecule has 30 heavy (non-hydrogen) atoms. The second-order valence-corrected chi connectivity index (χ2v) is 7.79. The average molecular weight is 407 g/mol. The van der Waals surface area contributed by atoms with Crippen LogP contribution in [-0.4, -0.2) is 34.0 Å². The minimum Gasteiger partial charge on any atom is -0.360 e. The fourth-order valence-electron chi connectivity index (χ4n) is 4.15. The number of rotatable bonds is 5. The molecule has 1 fully saturated rings. The van der Waals surface area contributed by atoms with Crippen LogP contribution in [0.15, 0.2) is 47.0 Å². The van der Waals surface area contributed by atoms with Gasteiger partial charge in [0.25, 0.3) is 0 Å². The number of halogens is 1. The molecule has 5 nitrogen and oxygen atoms in total. The number of benzene rings is 1. The number of carbonyl (C=O) groups excluding carboxylic acids is 1. The predicted molar refractivity (Wildman–Crippen MR) is 113 cm³/mol. The summed E-state index contributed by atoms with van der Waals surface area (Å²) in [4.78, 5) is 19.4. The van der Waals surface area contributed by atoms with Crippen LogP contribution in [0.5, 0.6) is 0 Å². The van der Waals surface area contributed by atoms with Crippen LogP contribution in [0.25, 0.3) is 11.3 Å². The lowest BCUT2D eigenvalue weighted by Gasteiger charge is -2.32. The van der Waals surface area contributed by atoms with E-state index in [1.54, 1.807) is 18.2 Å². The fraction of sp³-hybridized carbons (Fsp3) is 0.375. The largest absolute Gasteiger partial charge is 0.360 e. The molecule has 2 aromatic heterocycles. The number of hydrogen-bond donors (Lipinski definition) is 0. The van der Waals surface area contributed by atoms with Gasteiger partial charge < -0.3 is 9.42 Å². The van der Waals surface area contributed by atoms with Crippen LogP contribution >= 0.6 is 0 Å². The van der Waals surface area contributed by atoms with Crippen LogP contribution < -0.4 is 0 Å². The van der Waals surface area contributed by atoms with Crippen molar-refractivity contribution < 1.29 is 13.7 Å². The summed E-state index contributed by atoms with van der Waals surface area (Å²) in [6, 6.07) is 12.5. The standard InChI is InChI=1S/C24H26FN3O2/c1-3-22-24(16(2)27-30-22)21-10-6-9-20(26-21)17-11-13-28(14-12-17)23(29)15-18-7-4-5-8-19(18)25/h4-10,17H,3,11-15H2,1-2H3. The Morgan fingerprint density at radius 2 is 1.93 bits per heavy atom. The summed E-state index contributed by atoms with van der Waals surface area (Å²) in [5, 5.41) is 4.09. The zero-order chi connectivity index (χ0) is 21.1. The minimum atomic E-state index is -0.322. The van der Waals surface area contributed by atoms with Crippen molar-refractivity contribution in [3.05, 3.63) is 71.0 Å². The normalized spacial score (nSPS) is 14.8. The van der Waals surface area contributed by atoms with E-state index < -0.39 is 0 Å². The lowest BCUT2D eigenvalue weighted by molar-refractivity contribution is -0.131. The van der Waals surface area contributed by atoms with Crippen molar-refractivity contribution in [3.63, 3.8) is 0 Å². The zero-order valence-electron chi connectivity index (χ0n) is 17.4. The van der Waals surface area contributed by atoms with E-state index in [9.17, 15) is 9.18 Å². The van der Waals surface area contributed by atoms with Crippen molar-refractivity contribution >= 4 is 5.91 Å². The molecule has 156 valence electrons. The highest BCUT2D eigenvalue weighted by molar-refractivity contribution is 5.79. The Labute approximate surface area is 175 Å². The lowest BCUT2D eigenvalue weighted by Crippen LogP contribution is -2.39. The zero-order valence-corrected chi connectivity index (χ0v) is 17.4. The van der Waals surface area contributed by atoms with Gasteiger partial charge in [0.15, 0.2) is 0 Å². The van der Waals surface area contributed by atoms with Gasteiger partial charge in [-0.1, -0.05) is 36.3 Å². The Kier molecular flexibility index (Phi) is 5.93. The summed E-state index contributed by atoms with van der Waals surface area (Å²) in [7, 11) is 0. The number of amides is 1. The van der Waals surface area contributed by atoms with Gasteiger partial charge in [-0.25, -0.2) is 4.39 Å². The quantitative estimate of drug-likeness (QED) is 0.615. The molecule has 3 heterocycles. The van der Waals surface area contributed by atoms with Gasteiger partial charge in [0.1, 0.15) is 11.6 Å². The first-order valence-electron chi connectivity index (χ1n) is 10.5. The van der Waals surface area contributed by atoms with Crippen molar-refractivity contribution in [2.24, 2.45) is 0 Å². The topological polar surface area (TPSA) is 59.2 Å². The highest BCUT2D eigenvalue weighted by Gasteiger charge is 2.26. The van der Waals surface area contributed by atoms with Gasteiger partial charge in [-0.3, -0.25) is 9.78 Å². The first-order chi connectivity index (χ1) is 14.6. The van der Waals surface area contributed by atoms with Gasteiger partial charge in [-0.2, -0.15) is 0 Å². The molecule has 0 spiro atoms. The number of piperidine rings is 1. The summed E-state index contributed by atoms with van der Waals surface area (Å²) in [5.74, 6) is 0.809. The van der Waals surface area contributed by atoms with Gasteiger partial charge >= 0.3 is 0 Å². The minimum absolute atomic E-state index is 0.0204. The number of pyridine rings is 1. The van der Waals surface area contributed by atoms with E-state index in [0.717, 1.165) is 47.7 Å². The van der Waals surface area contributed by atoms with Crippen LogP contribution in [0, 0.1) is 12.7 Å². The second kappa shape index (κ2) is 8.78. The van der Waals surface area contributed by atoms with Gasteiger partial charge in [0.05, 0.1) is 23.4 Å². The molecule has 1 aliphatic heterocycles. The first kappa shape index (κ1) is 20.3. The van der Waals surface area contributed by atoms with Gasteiger partial charge in [0, 0.05) is 31.1 Å². The van der Waals surface area contributed by atoms with Crippen LogP contribution in [0.1, 0.15) is 48.4 Å². The van der Waals surface area contributed by atoms with Crippen LogP contribution in [0.4, 0.5) is 4.39 Å². The SMILES string of the molecule is CCc1onc(C)c1-c1cccc(C2CCN(C(=O)Cc3ccccc3F)CC2)n1. The maximum absolute atomic E-state index is 13.8. The van der Waals surface area contributed by atoms with Crippen LogP contribution in [-0.2, 0) is 17.6 Å². The van der Waals surface area contributed by atoms with E-state index in [2.05, 4.69) is 11.2 Å². The number of aryl methyl sites for hydroxylation is 2. The first-order valence-corrected chi connectivity index (χ1v) is 10.5. The Morgan fingerprint density at radius 3 is 2.67 bits per heavy atom. The molecular formula is C24H26FN3O2. The molecule has 4 rings (SSSR count). The summed E-state index contributed by atoms with van der Waals surface area (Å²) in [6.07, 6.45) is 2.58. The Balaban J connectivity index is 1.43. The lowest BCUT2D eigenvalue weighted by atomic mass is 9.92. The van der Waals surface area contributed by atoms with Gasteiger partial charge in [-0.15, -0.1) is 0 Å². The number of aromatic nitrogens is 2. The van der Waals surface area contributed by atoms with Crippen LogP contribution in [0.2, 0.25) is 0 Å². The molecule has 0 unspecified atom stereocenters. The van der Waals surface area contributed by atoms with Crippen molar-refractivity contribution in [2.45, 2.75) is 45.4 Å². The van der Waals surface area contributed by atoms with Crippen molar-refractivity contribution in [2.75, 3.05) is 13.1 Å². The molecule has 1 aromatic carbocycles. The highest BCUT2D eigenvalue weighted by Crippen LogP contribution is 2.31. The second-order valence-electron chi connectivity index (χ2n) is 7.79. The van der Waals surface area contributed by atoms with E-state index in [1.165, 1.54) is 6.07 Å². The van der Waals surface area contributed by atoms with E-state index in [1.807, 2.05) is 30.9 Å². The molecule has 0 atom stereocenters. The Hall–Kier alpha value is -3.02. The third kappa shape index (κ3) is 4.13. The number of hydrogen-bond acceptors (Lipinski definition) is 4.